The normalized spacial score (nSPS) is 11.9. The summed E-state index contributed by atoms with van der Waals surface area (Å²) in [6, 6.07) is 0. The van der Waals surface area contributed by atoms with Gasteiger partial charge in [-0.1, -0.05) is 406 Å². The van der Waals surface area contributed by atoms with E-state index in [1.54, 1.807) is 0 Å². The van der Waals surface area contributed by atoms with E-state index in [4.69, 9.17) is 14.2 Å². The van der Waals surface area contributed by atoms with Crippen molar-refractivity contribution in [1.29, 1.82) is 0 Å². The van der Waals surface area contributed by atoms with Crippen LogP contribution in [0.1, 0.15) is 445 Å². The molecule has 0 aromatic carbocycles. The Kier molecular flexibility index (Phi) is 69.5. The molecule has 0 N–H and O–H groups in total. The van der Waals surface area contributed by atoms with Crippen LogP contribution in [0.2, 0.25) is 0 Å². The number of hydrogen-bond donors (Lipinski definition) is 0. The van der Waals surface area contributed by atoms with Crippen LogP contribution < -0.4 is 0 Å². The number of carbonyl (C=O) groups excluding carboxylic acids is 3. The highest BCUT2D eigenvalue weighted by molar-refractivity contribution is 5.71. The third-order valence-electron chi connectivity index (χ3n) is 17.6. The molecule has 0 aliphatic carbocycles. The summed E-state index contributed by atoms with van der Waals surface area (Å²) < 4.78 is 16.9. The van der Waals surface area contributed by atoms with Crippen LogP contribution in [-0.2, 0) is 28.6 Å². The third-order valence-corrected chi connectivity index (χ3v) is 17.6. The molecule has 0 radical (unpaired) electrons. The Hall–Kier alpha value is -1.59. The molecule has 0 aromatic rings. The quantitative estimate of drug-likeness (QED) is 0.0343. The van der Waals surface area contributed by atoms with Gasteiger partial charge in [0.05, 0.1) is 0 Å². The maximum absolute atomic E-state index is 12.9. The van der Waals surface area contributed by atoms with Crippen LogP contribution in [0.15, 0.2) is 0 Å². The lowest BCUT2D eigenvalue weighted by Crippen LogP contribution is -2.30. The number of hydrogen-bond acceptors (Lipinski definition) is 6. The van der Waals surface area contributed by atoms with E-state index in [0.29, 0.717) is 19.3 Å². The molecule has 0 amide bonds. The SMILES string of the molecule is CCCCCCCCCCCCCCCCCCCCCCCCCCCCCCCCCCCCCC(=O)OCC(COC(=O)CCCCCCCCCC)OC(=O)CCCCCCCCCCCCCCCCCCCCCC. The Morgan fingerprint density at radius 3 is 0.494 bits per heavy atom. The predicted molar refractivity (Wildman–Crippen MR) is 354 cm³/mol. The first-order valence-corrected chi connectivity index (χ1v) is 37.5. The summed E-state index contributed by atoms with van der Waals surface area (Å²) >= 11 is 0. The van der Waals surface area contributed by atoms with E-state index in [-0.39, 0.29) is 31.1 Å². The van der Waals surface area contributed by atoms with Gasteiger partial charge >= 0.3 is 17.9 Å². The highest BCUT2D eigenvalue weighted by atomic mass is 16.6. The third kappa shape index (κ3) is 69.1. The largest absolute Gasteiger partial charge is 0.462 e. The van der Waals surface area contributed by atoms with E-state index in [1.807, 2.05) is 0 Å². The second-order valence-corrected chi connectivity index (χ2v) is 25.9. The molecule has 0 bridgehead atoms. The highest BCUT2D eigenvalue weighted by Gasteiger charge is 2.20. The molecule has 0 spiro atoms. The van der Waals surface area contributed by atoms with Gasteiger partial charge < -0.3 is 14.2 Å². The van der Waals surface area contributed by atoms with Crippen molar-refractivity contribution in [3.8, 4) is 0 Å². The molecule has 6 nitrogen and oxygen atoms in total. The molecule has 1 unspecified atom stereocenters. The molecular formula is C75H146O6. The minimum atomic E-state index is -0.762. The van der Waals surface area contributed by atoms with Crippen LogP contribution in [0.25, 0.3) is 0 Å². The Balaban J connectivity index is 3.92. The highest BCUT2D eigenvalue weighted by Crippen LogP contribution is 2.20. The minimum absolute atomic E-state index is 0.0610. The first-order valence-electron chi connectivity index (χ1n) is 37.5. The van der Waals surface area contributed by atoms with Crippen LogP contribution in [0.3, 0.4) is 0 Å². The molecule has 0 aromatic heterocycles. The Bertz CT molecular complexity index is 1220. The standard InChI is InChI=1S/C75H146O6/c1-4-7-10-13-16-19-21-23-25-27-29-31-32-33-34-35-36-37-38-39-40-41-42-43-44-45-47-48-50-52-54-56-59-62-65-68-74(77)80-71-72(70-79-73(76)67-64-61-58-18-15-12-9-6-3)81-75(78)69-66-63-60-57-55-53-51-49-46-30-28-26-24-22-20-17-14-11-8-5-2/h72H,4-71H2,1-3H3. The fourth-order valence-electron chi connectivity index (χ4n) is 12.0. The van der Waals surface area contributed by atoms with Gasteiger partial charge in [0.15, 0.2) is 6.10 Å². The predicted octanol–water partition coefficient (Wildman–Crippen LogP) is 25.8. The summed E-state index contributed by atoms with van der Waals surface area (Å²) in [6.45, 7) is 6.71. The molecule has 0 aliphatic rings. The van der Waals surface area contributed by atoms with Crippen molar-refractivity contribution in [2.24, 2.45) is 0 Å². The molecule has 0 aliphatic heterocycles. The second-order valence-electron chi connectivity index (χ2n) is 25.9. The Morgan fingerprint density at radius 1 is 0.198 bits per heavy atom. The van der Waals surface area contributed by atoms with Crippen molar-refractivity contribution in [3.05, 3.63) is 0 Å². The minimum Gasteiger partial charge on any atom is -0.462 e. The van der Waals surface area contributed by atoms with Crippen molar-refractivity contribution in [2.45, 2.75) is 451 Å². The number of esters is 3. The average molecular weight is 1140 g/mol. The van der Waals surface area contributed by atoms with E-state index in [2.05, 4.69) is 20.8 Å². The smallest absolute Gasteiger partial charge is 0.306 e. The monoisotopic (exact) mass is 1140 g/mol. The fourth-order valence-corrected chi connectivity index (χ4v) is 12.0. The Labute approximate surface area is 508 Å². The van der Waals surface area contributed by atoms with Gasteiger partial charge in [-0.2, -0.15) is 0 Å². The van der Waals surface area contributed by atoms with Crippen molar-refractivity contribution >= 4 is 17.9 Å². The lowest BCUT2D eigenvalue weighted by atomic mass is 10.0. The fraction of sp³-hybridized carbons (Fsp3) is 0.960. The second kappa shape index (κ2) is 70.9. The van der Waals surface area contributed by atoms with Crippen LogP contribution >= 0.6 is 0 Å². The summed E-state index contributed by atoms with van der Waals surface area (Å²) in [6.07, 6.45) is 84.8. The van der Waals surface area contributed by atoms with E-state index < -0.39 is 6.10 Å². The molecule has 0 fully saturated rings. The van der Waals surface area contributed by atoms with Crippen molar-refractivity contribution in [1.82, 2.24) is 0 Å². The average Bonchev–Trinajstić information content (AvgIpc) is 3.47. The van der Waals surface area contributed by atoms with Gasteiger partial charge in [0.1, 0.15) is 13.2 Å². The first kappa shape index (κ1) is 79.4. The van der Waals surface area contributed by atoms with Gasteiger partial charge in [-0.25, -0.2) is 0 Å². The van der Waals surface area contributed by atoms with Gasteiger partial charge in [-0.05, 0) is 19.3 Å². The van der Waals surface area contributed by atoms with Crippen LogP contribution in [0.4, 0.5) is 0 Å². The molecule has 0 saturated carbocycles. The molecule has 1 atom stereocenters. The molecule has 6 heteroatoms. The van der Waals surface area contributed by atoms with Crippen molar-refractivity contribution in [2.75, 3.05) is 13.2 Å². The van der Waals surface area contributed by atoms with E-state index in [0.717, 1.165) is 57.8 Å². The number of unbranched alkanes of at least 4 members (excludes halogenated alkanes) is 60. The van der Waals surface area contributed by atoms with Crippen molar-refractivity contribution in [3.63, 3.8) is 0 Å². The van der Waals surface area contributed by atoms with Crippen LogP contribution in [0.5, 0.6) is 0 Å². The number of rotatable bonds is 71. The lowest BCUT2D eigenvalue weighted by Gasteiger charge is -2.18. The van der Waals surface area contributed by atoms with Gasteiger partial charge in [0.2, 0.25) is 0 Å². The zero-order valence-corrected chi connectivity index (χ0v) is 55.6. The zero-order valence-electron chi connectivity index (χ0n) is 55.6. The van der Waals surface area contributed by atoms with Gasteiger partial charge in [-0.3, -0.25) is 14.4 Å². The maximum atomic E-state index is 12.9. The van der Waals surface area contributed by atoms with Crippen LogP contribution in [-0.4, -0.2) is 37.2 Å². The Morgan fingerprint density at radius 2 is 0.333 bits per heavy atom. The zero-order chi connectivity index (χ0) is 58.5. The molecule has 482 valence electrons. The summed E-state index contributed by atoms with van der Waals surface area (Å²) in [5.74, 6) is -0.829. The number of ether oxygens (including phenoxy) is 3. The summed E-state index contributed by atoms with van der Waals surface area (Å²) in [7, 11) is 0. The summed E-state index contributed by atoms with van der Waals surface area (Å²) in [4.78, 5) is 38.2. The van der Waals surface area contributed by atoms with Gasteiger partial charge in [-0.15, -0.1) is 0 Å². The number of carbonyl (C=O) groups is 3. The molecule has 0 heterocycles. The van der Waals surface area contributed by atoms with E-state index in [1.165, 1.54) is 347 Å². The maximum Gasteiger partial charge on any atom is 0.306 e. The van der Waals surface area contributed by atoms with Gasteiger partial charge in [0, 0.05) is 19.3 Å². The molecule has 0 saturated heterocycles. The summed E-state index contributed by atoms with van der Waals surface area (Å²) in [5, 5.41) is 0. The van der Waals surface area contributed by atoms with Crippen molar-refractivity contribution < 1.29 is 28.6 Å². The van der Waals surface area contributed by atoms with E-state index >= 15 is 0 Å². The van der Waals surface area contributed by atoms with Gasteiger partial charge in [0.25, 0.3) is 0 Å². The molecule has 81 heavy (non-hydrogen) atoms. The molecular weight excluding hydrogens is 997 g/mol. The van der Waals surface area contributed by atoms with E-state index in [9.17, 15) is 14.4 Å². The lowest BCUT2D eigenvalue weighted by molar-refractivity contribution is -0.167. The summed E-state index contributed by atoms with van der Waals surface area (Å²) in [5.41, 5.74) is 0. The first-order chi connectivity index (χ1) is 40.0. The van der Waals surface area contributed by atoms with Crippen LogP contribution in [0, 0.1) is 0 Å². The topological polar surface area (TPSA) is 78.9 Å². The molecule has 0 rings (SSSR count).